The van der Waals surface area contributed by atoms with Gasteiger partial charge in [0.1, 0.15) is 24.4 Å². The van der Waals surface area contributed by atoms with Gasteiger partial charge in [0.2, 0.25) is 26.8 Å². The highest BCUT2D eigenvalue weighted by Gasteiger charge is 2.49. The van der Waals surface area contributed by atoms with Gasteiger partial charge in [0.05, 0.1) is 19.8 Å². The highest BCUT2D eigenvalue weighted by Crippen LogP contribution is 2.37. The maximum Gasteiger partial charge on any atom is 0.248 e. The summed E-state index contributed by atoms with van der Waals surface area (Å²) in [5, 5.41) is 0.134. The minimum Gasteiger partial charge on any atom is -0.413 e. The fourth-order valence-electron chi connectivity index (χ4n) is 5.59. The van der Waals surface area contributed by atoms with Gasteiger partial charge in [0.25, 0.3) is 0 Å². The minimum atomic E-state index is -2.34. The van der Waals surface area contributed by atoms with E-state index in [0.717, 1.165) is 17.5 Å². The van der Waals surface area contributed by atoms with Crippen LogP contribution in [0.2, 0.25) is 68.5 Å². The molecule has 56 heavy (non-hydrogen) atoms. The van der Waals surface area contributed by atoms with Crippen LogP contribution in [0.5, 0.6) is 0 Å². The average molecular weight is 1030 g/mol. The lowest BCUT2D eigenvalue weighted by Gasteiger charge is -2.46. The molecular formula is C36H66Cl8O7Si5. The molecule has 7 nitrogen and oxygen atoms in total. The third kappa shape index (κ3) is 23.7. The molecule has 0 amide bonds. The second-order valence-corrected chi connectivity index (χ2v) is 54.7. The van der Waals surface area contributed by atoms with E-state index < -0.39 is 65.8 Å². The normalized spacial score (nSPS) is 21.8. The number of hydrogen-bond acceptors (Lipinski definition) is 7. The van der Waals surface area contributed by atoms with Crippen LogP contribution in [0, 0.1) is 0 Å². The number of rotatable bonds is 27. The van der Waals surface area contributed by atoms with Crippen molar-refractivity contribution in [3.8, 4) is 0 Å². The molecule has 1 aliphatic rings. The van der Waals surface area contributed by atoms with Crippen LogP contribution >= 0.6 is 88.6 Å². The number of benzene rings is 1. The van der Waals surface area contributed by atoms with E-state index in [2.05, 4.69) is 58.1 Å². The van der Waals surface area contributed by atoms with Gasteiger partial charge < -0.3 is 32.8 Å². The molecule has 0 spiro atoms. The van der Waals surface area contributed by atoms with Gasteiger partial charge in [-0.25, -0.2) is 0 Å². The highest BCUT2D eigenvalue weighted by atomic mass is 35.7. The molecule has 0 unspecified atom stereocenters. The lowest BCUT2D eigenvalue weighted by atomic mass is 9.98. The van der Waals surface area contributed by atoms with Gasteiger partial charge in [-0.05, 0) is 105 Å². The molecule has 0 bridgehead atoms. The van der Waals surface area contributed by atoms with Crippen LogP contribution in [-0.4, -0.2) is 98.8 Å². The molecule has 0 radical (unpaired) electrons. The van der Waals surface area contributed by atoms with Gasteiger partial charge in [-0.3, -0.25) is 0 Å². The third-order valence-corrected chi connectivity index (χ3v) is 23.8. The quantitative estimate of drug-likeness (QED) is 0.0494. The lowest BCUT2D eigenvalue weighted by molar-refractivity contribution is -0.326. The SMILES string of the molecule is CC(C)(C)[Si](C)(C)OCc1ccc(CO[C@@H]2O[C@H](COCCC[Si](C)(Cl)Cl)[C@@H](OCCC[Si](C)(Cl)Cl)[C@H](OCCC[Si](C)(Cl)Cl)[C@H]2OCCC[Si](C)(Cl)Cl)cc1. The molecule has 20 heteroatoms. The summed E-state index contributed by atoms with van der Waals surface area (Å²) >= 11 is 51.4. The van der Waals surface area contributed by atoms with E-state index in [1.807, 2.05) is 26.2 Å². The second-order valence-electron chi connectivity index (χ2n) is 17.0. The molecule has 1 aliphatic heterocycles. The molecule has 0 aromatic heterocycles. The van der Waals surface area contributed by atoms with Crippen molar-refractivity contribution in [2.75, 3.05) is 33.0 Å². The van der Waals surface area contributed by atoms with Crippen LogP contribution in [0.4, 0.5) is 0 Å². The molecular weight excluding hydrogens is 968 g/mol. The van der Waals surface area contributed by atoms with Gasteiger partial charge in [0.15, 0.2) is 14.6 Å². The van der Waals surface area contributed by atoms with Crippen molar-refractivity contribution in [1.82, 2.24) is 0 Å². The first-order chi connectivity index (χ1) is 25.7. The fraction of sp³-hybridized carbons (Fsp3) is 0.833. The first kappa shape index (κ1) is 54.5. The van der Waals surface area contributed by atoms with Crippen molar-refractivity contribution < 1.29 is 32.8 Å². The van der Waals surface area contributed by atoms with Crippen molar-refractivity contribution in [3.05, 3.63) is 35.4 Å². The Balaban J connectivity index is 2.38. The molecule has 2 rings (SSSR count). The summed E-state index contributed by atoms with van der Waals surface area (Å²) in [4.78, 5) is 0. The summed E-state index contributed by atoms with van der Waals surface area (Å²) < 4.78 is 45.9. The number of halogens is 8. The number of hydrogen-bond donors (Lipinski definition) is 0. The van der Waals surface area contributed by atoms with Crippen LogP contribution in [0.25, 0.3) is 0 Å². The second kappa shape index (κ2) is 25.0. The van der Waals surface area contributed by atoms with E-state index in [9.17, 15) is 0 Å². The predicted molar refractivity (Wildman–Crippen MR) is 253 cm³/mol. The predicted octanol–water partition coefficient (Wildman–Crippen LogP) is 13.4. The van der Waals surface area contributed by atoms with Gasteiger partial charge in [-0.1, -0.05) is 45.0 Å². The zero-order valence-corrected chi connectivity index (χ0v) is 45.7. The topological polar surface area (TPSA) is 64.6 Å². The molecule has 0 N–H and O–H groups in total. The zero-order chi connectivity index (χ0) is 42.4. The zero-order valence-electron chi connectivity index (χ0n) is 34.7. The third-order valence-electron chi connectivity index (χ3n) is 9.83. The Morgan fingerprint density at radius 3 is 1.36 bits per heavy atom. The van der Waals surface area contributed by atoms with E-state index in [1.54, 1.807) is 0 Å². The molecule has 1 fully saturated rings. The van der Waals surface area contributed by atoms with Crippen LogP contribution in [0.15, 0.2) is 24.3 Å². The summed E-state index contributed by atoms with van der Waals surface area (Å²) in [5.41, 5.74) is 2.09. The van der Waals surface area contributed by atoms with Crippen LogP contribution < -0.4 is 0 Å². The smallest absolute Gasteiger partial charge is 0.248 e. The summed E-state index contributed by atoms with van der Waals surface area (Å²) in [5.74, 6) is 0. The maximum atomic E-state index is 6.74. The van der Waals surface area contributed by atoms with Gasteiger partial charge in [0, 0.05) is 26.4 Å². The summed E-state index contributed by atoms with van der Waals surface area (Å²) in [7, 11) is -1.89. The van der Waals surface area contributed by atoms with Gasteiger partial charge in [-0.2, -0.15) is 0 Å². The minimum absolute atomic E-state index is 0.134. The fourth-order valence-corrected chi connectivity index (χ4v) is 12.8. The van der Waals surface area contributed by atoms with Gasteiger partial charge in [-0.15, -0.1) is 88.6 Å². The maximum absolute atomic E-state index is 6.74. The Bertz CT molecular complexity index is 1240. The number of ether oxygens (including phenoxy) is 6. The molecule has 1 aromatic rings. The largest absolute Gasteiger partial charge is 0.413 e. The summed E-state index contributed by atoms with van der Waals surface area (Å²) in [6.45, 7) is 12.3. The molecule has 0 saturated carbocycles. The Morgan fingerprint density at radius 1 is 0.536 bits per heavy atom. The van der Waals surface area contributed by atoms with E-state index in [1.165, 1.54) is 0 Å². The molecule has 1 saturated heterocycles. The van der Waals surface area contributed by atoms with Crippen molar-refractivity contribution in [3.63, 3.8) is 0 Å². The Kier molecular flexibility index (Phi) is 24.3. The molecule has 328 valence electrons. The Morgan fingerprint density at radius 2 is 0.929 bits per heavy atom. The van der Waals surface area contributed by atoms with Crippen LogP contribution in [-0.2, 0) is 46.1 Å². The van der Waals surface area contributed by atoms with Crippen molar-refractivity contribution in [1.29, 1.82) is 0 Å². The van der Waals surface area contributed by atoms with Crippen molar-refractivity contribution in [2.45, 2.75) is 159 Å². The molecule has 1 heterocycles. The lowest BCUT2D eigenvalue weighted by Crippen LogP contribution is -2.62. The molecule has 1 aromatic carbocycles. The highest BCUT2D eigenvalue weighted by molar-refractivity contribution is 7.46. The van der Waals surface area contributed by atoms with Crippen molar-refractivity contribution >= 4 is 124 Å². The molecule has 5 atom stereocenters. The van der Waals surface area contributed by atoms with Crippen LogP contribution in [0.1, 0.15) is 57.6 Å². The van der Waals surface area contributed by atoms with E-state index in [4.69, 9.17) is 121 Å². The average Bonchev–Trinajstić information content (AvgIpc) is 3.04. The van der Waals surface area contributed by atoms with Gasteiger partial charge >= 0.3 is 0 Å². The monoisotopic (exact) mass is 1030 g/mol. The summed E-state index contributed by atoms with van der Waals surface area (Å²) in [6, 6.07) is 11.0. The Labute approximate surface area is 380 Å². The Hall–Kier alpha value is 2.34. The standard InChI is InChI=1S/C36H66Cl8O7Si5/c1-36(2,3)52(4,5)50-27-30-16-14-29(15-17-30)26-49-35-34(48-21-13-25-56(9,43)44)33(47-20-12-24-55(8,41)42)32(46-19-11-23-54(7,39)40)31(51-35)28-45-18-10-22-53(6,37)38/h14-17,31-35H,10-13,18-28H2,1-9H3/t31-,32-,33+,34-,35-/m1/s1. The first-order valence-corrected chi connectivity index (χ1v) is 41.4. The van der Waals surface area contributed by atoms with Crippen LogP contribution in [0.3, 0.4) is 0 Å². The van der Waals surface area contributed by atoms with E-state index in [0.29, 0.717) is 76.5 Å². The van der Waals surface area contributed by atoms with Crippen molar-refractivity contribution in [2.24, 2.45) is 0 Å². The molecule has 0 aliphatic carbocycles. The summed E-state index contributed by atoms with van der Waals surface area (Å²) in [6.07, 6.45) is -0.393. The van der Waals surface area contributed by atoms with E-state index >= 15 is 0 Å². The first-order valence-electron chi connectivity index (χ1n) is 19.6. The van der Waals surface area contributed by atoms with E-state index in [-0.39, 0.29) is 18.3 Å².